The van der Waals surface area contributed by atoms with Crippen LogP contribution in [-0.2, 0) is 23.1 Å². The lowest BCUT2D eigenvalue weighted by Crippen LogP contribution is -2.28. The molecule has 1 N–H and O–H groups in total. The van der Waals surface area contributed by atoms with E-state index in [0.717, 1.165) is 5.56 Å². The Bertz CT molecular complexity index is 652. The molecule has 0 saturated carbocycles. The fourth-order valence-electron chi connectivity index (χ4n) is 1.76. The van der Waals surface area contributed by atoms with Crippen molar-refractivity contribution in [3.05, 3.63) is 58.9 Å². The predicted molar refractivity (Wildman–Crippen MR) is 79.0 cm³/mol. The molecule has 1 amide bonds. The van der Waals surface area contributed by atoms with Crippen LogP contribution in [-0.4, -0.2) is 23.1 Å². The molecule has 1 heterocycles. The van der Waals surface area contributed by atoms with Crippen LogP contribution in [0.4, 0.5) is 0 Å². The van der Waals surface area contributed by atoms with E-state index in [4.69, 9.17) is 16.3 Å². The number of aryl methyl sites for hydroxylation is 1. The number of hydrogen-bond acceptors (Lipinski definition) is 3. The van der Waals surface area contributed by atoms with Crippen LogP contribution < -0.4 is 5.32 Å². The highest BCUT2D eigenvalue weighted by atomic mass is 35.5. The van der Waals surface area contributed by atoms with Crippen molar-refractivity contribution >= 4 is 23.5 Å². The number of amides is 1. The average molecular weight is 307 g/mol. The van der Waals surface area contributed by atoms with Gasteiger partial charge < -0.3 is 14.6 Å². The largest absolute Gasteiger partial charge is 0.451 e. The molecule has 0 atom stereocenters. The van der Waals surface area contributed by atoms with Crippen LogP contribution in [0.15, 0.2) is 42.6 Å². The molecule has 0 aliphatic rings. The number of esters is 1. The SMILES string of the molecule is Cn1cccc1C(=O)OCC(=O)NCc1ccccc1Cl. The number of ether oxygens (including phenoxy) is 1. The minimum atomic E-state index is -0.532. The highest BCUT2D eigenvalue weighted by Crippen LogP contribution is 2.14. The number of nitrogens with one attached hydrogen (secondary N) is 1. The Labute approximate surface area is 127 Å². The van der Waals surface area contributed by atoms with Crippen LogP contribution >= 0.6 is 11.6 Å². The molecule has 21 heavy (non-hydrogen) atoms. The fraction of sp³-hybridized carbons (Fsp3) is 0.200. The van der Waals surface area contributed by atoms with Gasteiger partial charge in [-0.2, -0.15) is 0 Å². The first-order valence-corrected chi connectivity index (χ1v) is 6.74. The molecule has 0 aliphatic carbocycles. The number of aromatic nitrogens is 1. The Balaban J connectivity index is 1.79. The maximum absolute atomic E-state index is 11.7. The van der Waals surface area contributed by atoms with Crippen LogP contribution in [0.5, 0.6) is 0 Å². The molecule has 1 aromatic carbocycles. The number of carbonyl (C=O) groups is 2. The number of halogens is 1. The van der Waals surface area contributed by atoms with Crippen LogP contribution in [0.25, 0.3) is 0 Å². The van der Waals surface area contributed by atoms with Gasteiger partial charge >= 0.3 is 5.97 Å². The van der Waals surface area contributed by atoms with Crippen molar-refractivity contribution in [3.8, 4) is 0 Å². The third-order valence-electron chi connectivity index (χ3n) is 2.92. The smallest absolute Gasteiger partial charge is 0.355 e. The summed E-state index contributed by atoms with van der Waals surface area (Å²) in [5.41, 5.74) is 1.20. The summed E-state index contributed by atoms with van der Waals surface area (Å²) in [7, 11) is 1.73. The quantitative estimate of drug-likeness (QED) is 0.861. The Morgan fingerprint density at radius 2 is 2.00 bits per heavy atom. The highest BCUT2D eigenvalue weighted by Gasteiger charge is 2.12. The summed E-state index contributed by atoms with van der Waals surface area (Å²) in [6.07, 6.45) is 1.73. The molecule has 0 radical (unpaired) electrons. The Morgan fingerprint density at radius 1 is 1.24 bits per heavy atom. The molecule has 6 heteroatoms. The molecule has 0 spiro atoms. The second-order valence-corrected chi connectivity index (χ2v) is 4.86. The van der Waals surface area contributed by atoms with Gasteiger partial charge in [0.2, 0.25) is 0 Å². The fourth-order valence-corrected chi connectivity index (χ4v) is 1.97. The van der Waals surface area contributed by atoms with Gasteiger partial charge in [-0.15, -0.1) is 0 Å². The summed E-state index contributed by atoms with van der Waals surface area (Å²) in [5, 5.41) is 3.23. The molecule has 0 aliphatic heterocycles. The van der Waals surface area contributed by atoms with Gasteiger partial charge in [-0.25, -0.2) is 4.79 Å². The topological polar surface area (TPSA) is 60.3 Å². The van der Waals surface area contributed by atoms with E-state index >= 15 is 0 Å². The van der Waals surface area contributed by atoms with Gasteiger partial charge in [0.05, 0.1) is 0 Å². The lowest BCUT2D eigenvalue weighted by molar-refractivity contribution is -0.124. The molecule has 0 fully saturated rings. The zero-order chi connectivity index (χ0) is 15.2. The van der Waals surface area contributed by atoms with E-state index in [9.17, 15) is 9.59 Å². The first-order chi connectivity index (χ1) is 10.1. The number of carbonyl (C=O) groups excluding carboxylic acids is 2. The van der Waals surface area contributed by atoms with Crippen molar-refractivity contribution in [1.82, 2.24) is 9.88 Å². The third-order valence-corrected chi connectivity index (χ3v) is 3.29. The van der Waals surface area contributed by atoms with Gasteiger partial charge in [-0.05, 0) is 23.8 Å². The minimum absolute atomic E-state index is 0.292. The Hall–Kier alpha value is -2.27. The molecule has 0 saturated heterocycles. The van der Waals surface area contributed by atoms with Gasteiger partial charge in [-0.1, -0.05) is 29.8 Å². The summed E-state index contributed by atoms with van der Waals surface area (Å²) in [6, 6.07) is 10.6. The second kappa shape index (κ2) is 6.95. The van der Waals surface area contributed by atoms with Gasteiger partial charge in [0.1, 0.15) is 5.69 Å². The van der Waals surface area contributed by atoms with E-state index in [2.05, 4.69) is 5.32 Å². The van der Waals surface area contributed by atoms with E-state index < -0.39 is 5.97 Å². The zero-order valence-corrected chi connectivity index (χ0v) is 12.3. The molecular formula is C15H15ClN2O3. The first-order valence-electron chi connectivity index (χ1n) is 6.36. The molecular weight excluding hydrogens is 292 g/mol. The average Bonchev–Trinajstić information content (AvgIpc) is 2.90. The molecule has 110 valence electrons. The molecule has 1 aromatic heterocycles. The van der Waals surface area contributed by atoms with Crippen LogP contribution in [0.1, 0.15) is 16.1 Å². The van der Waals surface area contributed by atoms with Gasteiger partial charge in [0, 0.05) is 24.8 Å². The van der Waals surface area contributed by atoms with Gasteiger partial charge in [0.15, 0.2) is 6.61 Å². The summed E-state index contributed by atoms with van der Waals surface area (Å²) in [4.78, 5) is 23.4. The maximum Gasteiger partial charge on any atom is 0.355 e. The van der Waals surface area contributed by atoms with Crippen molar-refractivity contribution in [2.75, 3.05) is 6.61 Å². The molecule has 0 unspecified atom stereocenters. The summed E-state index contributed by atoms with van der Waals surface area (Å²) in [6.45, 7) is -0.0331. The van der Waals surface area contributed by atoms with E-state index in [1.807, 2.05) is 18.2 Å². The van der Waals surface area contributed by atoms with Crippen LogP contribution in [0.2, 0.25) is 5.02 Å². The molecule has 5 nitrogen and oxygen atoms in total. The summed E-state index contributed by atoms with van der Waals surface area (Å²) in [5.74, 6) is -0.909. The number of hydrogen-bond donors (Lipinski definition) is 1. The van der Waals surface area contributed by atoms with E-state index in [-0.39, 0.29) is 12.5 Å². The van der Waals surface area contributed by atoms with Gasteiger partial charge in [0.25, 0.3) is 5.91 Å². The summed E-state index contributed by atoms with van der Waals surface area (Å²) < 4.78 is 6.57. The molecule has 2 rings (SSSR count). The molecule has 0 bridgehead atoms. The van der Waals surface area contributed by atoms with E-state index in [1.54, 1.807) is 36.0 Å². The maximum atomic E-state index is 11.7. The Morgan fingerprint density at radius 3 is 2.67 bits per heavy atom. The van der Waals surface area contributed by atoms with Crippen LogP contribution in [0.3, 0.4) is 0 Å². The third kappa shape index (κ3) is 4.10. The first kappa shape index (κ1) is 15.1. The van der Waals surface area contributed by atoms with Crippen molar-refractivity contribution in [2.45, 2.75) is 6.54 Å². The number of nitrogens with zero attached hydrogens (tertiary/aromatic N) is 1. The van der Waals surface area contributed by atoms with E-state index in [1.165, 1.54) is 0 Å². The standard InChI is InChI=1S/C15H15ClN2O3/c1-18-8-4-7-13(18)15(20)21-10-14(19)17-9-11-5-2-3-6-12(11)16/h2-8H,9-10H2,1H3,(H,17,19). The Kier molecular flexibility index (Phi) is 5.00. The second-order valence-electron chi connectivity index (χ2n) is 4.45. The van der Waals surface area contributed by atoms with Crippen LogP contribution in [0, 0.1) is 0 Å². The highest BCUT2D eigenvalue weighted by molar-refractivity contribution is 6.31. The lowest BCUT2D eigenvalue weighted by Gasteiger charge is -2.08. The summed E-state index contributed by atoms with van der Waals surface area (Å²) >= 11 is 5.98. The monoisotopic (exact) mass is 306 g/mol. The van der Waals surface area contributed by atoms with Crippen molar-refractivity contribution in [2.24, 2.45) is 7.05 Å². The minimum Gasteiger partial charge on any atom is -0.451 e. The number of rotatable bonds is 5. The predicted octanol–water partition coefficient (Wildman–Crippen LogP) is 2.15. The van der Waals surface area contributed by atoms with Crippen molar-refractivity contribution < 1.29 is 14.3 Å². The van der Waals surface area contributed by atoms with Gasteiger partial charge in [-0.3, -0.25) is 4.79 Å². The van der Waals surface area contributed by atoms with E-state index in [0.29, 0.717) is 17.3 Å². The number of benzene rings is 1. The lowest BCUT2D eigenvalue weighted by atomic mass is 10.2. The molecule has 2 aromatic rings. The normalized spacial score (nSPS) is 10.2. The van der Waals surface area contributed by atoms with Crippen molar-refractivity contribution in [1.29, 1.82) is 0 Å². The zero-order valence-electron chi connectivity index (χ0n) is 11.5. The van der Waals surface area contributed by atoms with Crippen molar-refractivity contribution in [3.63, 3.8) is 0 Å².